The number of benzene rings is 1. The van der Waals surface area contributed by atoms with Gasteiger partial charge in [0.05, 0.1) is 6.10 Å². The summed E-state index contributed by atoms with van der Waals surface area (Å²) in [6, 6.07) is 7.20. The van der Waals surface area contributed by atoms with E-state index in [-0.39, 0.29) is 18.0 Å². The molecule has 1 aliphatic rings. The van der Waals surface area contributed by atoms with E-state index in [1.54, 1.807) is 13.2 Å². The highest BCUT2D eigenvalue weighted by atomic mass is 19.1. The molecule has 0 heterocycles. The quantitative estimate of drug-likeness (QED) is 0.860. The molecule has 2 atom stereocenters. The Morgan fingerprint density at radius 1 is 1.25 bits per heavy atom. The Morgan fingerprint density at radius 3 is 2.55 bits per heavy atom. The molecule has 1 N–H and O–H groups in total. The Bertz CT molecular complexity index is 404. The second-order valence-electron chi connectivity index (χ2n) is 5.79. The van der Waals surface area contributed by atoms with E-state index in [1.165, 1.54) is 38.2 Å². The summed E-state index contributed by atoms with van der Waals surface area (Å²) in [5, 5.41) is 3.33. The van der Waals surface area contributed by atoms with Gasteiger partial charge in [0.1, 0.15) is 5.82 Å². The fraction of sp³-hybridized carbons (Fsp3) is 0.647. The van der Waals surface area contributed by atoms with Crippen LogP contribution in [0.4, 0.5) is 4.39 Å². The van der Waals surface area contributed by atoms with Crippen molar-refractivity contribution in [2.75, 3.05) is 14.2 Å². The molecule has 1 aliphatic carbocycles. The summed E-state index contributed by atoms with van der Waals surface area (Å²) in [5.41, 5.74) is 0.768. The number of likely N-dealkylation sites (N-methyl/N-ethyl adjacent to an activating group) is 1. The summed E-state index contributed by atoms with van der Waals surface area (Å²) in [7, 11) is 3.73. The number of hydrogen-bond donors (Lipinski definition) is 1. The lowest BCUT2D eigenvalue weighted by Crippen LogP contribution is -2.45. The molecule has 1 saturated carbocycles. The van der Waals surface area contributed by atoms with Crippen LogP contribution in [0, 0.1) is 11.7 Å². The summed E-state index contributed by atoms with van der Waals surface area (Å²) in [6.45, 7) is 0. The van der Waals surface area contributed by atoms with Crippen LogP contribution in [0.3, 0.4) is 0 Å². The predicted molar refractivity (Wildman–Crippen MR) is 80.3 cm³/mol. The summed E-state index contributed by atoms with van der Waals surface area (Å²) >= 11 is 0. The number of halogens is 1. The van der Waals surface area contributed by atoms with E-state index in [2.05, 4.69) is 5.32 Å². The van der Waals surface area contributed by atoms with Gasteiger partial charge in [-0.2, -0.15) is 0 Å². The predicted octanol–water partition coefficient (Wildman–Crippen LogP) is 3.55. The molecular formula is C17H26FNO. The first kappa shape index (κ1) is 15.5. The largest absolute Gasteiger partial charge is 0.380 e. The Kier molecular flexibility index (Phi) is 5.99. The maximum atomic E-state index is 13.8. The van der Waals surface area contributed by atoms with Crippen LogP contribution in [0.1, 0.15) is 37.7 Å². The second-order valence-corrected chi connectivity index (χ2v) is 5.79. The van der Waals surface area contributed by atoms with E-state index in [0.29, 0.717) is 12.3 Å². The van der Waals surface area contributed by atoms with Crippen molar-refractivity contribution in [2.24, 2.45) is 5.92 Å². The Labute approximate surface area is 121 Å². The topological polar surface area (TPSA) is 21.3 Å². The zero-order valence-corrected chi connectivity index (χ0v) is 12.6. The number of hydrogen-bond acceptors (Lipinski definition) is 2. The van der Waals surface area contributed by atoms with Crippen molar-refractivity contribution in [2.45, 2.75) is 50.7 Å². The smallest absolute Gasteiger partial charge is 0.126 e. The Hall–Kier alpha value is -0.930. The first-order valence-electron chi connectivity index (χ1n) is 7.69. The van der Waals surface area contributed by atoms with Crippen molar-refractivity contribution in [3.05, 3.63) is 35.6 Å². The van der Waals surface area contributed by atoms with Crippen molar-refractivity contribution in [1.29, 1.82) is 0 Å². The van der Waals surface area contributed by atoms with Crippen molar-refractivity contribution in [3.63, 3.8) is 0 Å². The molecule has 2 nitrogen and oxygen atoms in total. The van der Waals surface area contributed by atoms with Crippen LogP contribution in [-0.2, 0) is 11.2 Å². The SMILES string of the molecule is CNC(Cc1ccccc1F)C(OC)C1CCCCC1. The van der Waals surface area contributed by atoms with E-state index in [9.17, 15) is 4.39 Å². The maximum absolute atomic E-state index is 13.8. The third-order valence-electron chi connectivity index (χ3n) is 4.55. The van der Waals surface area contributed by atoms with Gasteiger partial charge in [0, 0.05) is 13.2 Å². The third kappa shape index (κ3) is 3.80. The molecule has 1 aromatic carbocycles. The van der Waals surface area contributed by atoms with Gasteiger partial charge >= 0.3 is 0 Å². The maximum Gasteiger partial charge on any atom is 0.126 e. The monoisotopic (exact) mass is 279 g/mol. The average molecular weight is 279 g/mol. The highest BCUT2D eigenvalue weighted by molar-refractivity contribution is 5.19. The zero-order valence-electron chi connectivity index (χ0n) is 12.6. The van der Waals surface area contributed by atoms with E-state index >= 15 is 0 Å². The highest BCUT2D eigenvalue weighted by Crippen LogP contribution is 2.30. The third-order valence-corrected chi connectivity index (χ3v) is 4.55. The van der Waals surface area contributed by atoms with Gasteiger partial charge in [0.2, 0.25) is 0 Å². The van der Waals surface area contributed by atoms with Crippen LogP contribution in [0.15, 0.2) is 24.3 Å². The fourth-order valence-electron chi connectivity index (χ4n) is 3.43. The second kappa shape index (κ2) is 7.75. The first-order valence-corrected chi connectivity index (χ1v) is 7.69. The van der Waals surface area contributed by atoms with Gasteiger partial charge in [-0.3, -0.25) is 0 Å². The van der Waals surface area contributed by atoms with E-state index in [0.717, 1.165) is 5.56 Å². The Balaban J connectivity index is 2.06. The van der Waals surface area contributed by atoms with Gasteiger partial charge in [-0.05, 0) is 43.9 Å². The molecule has 2 unspecified atom stereocenters. The number of ether oxygens (including phenoxy) is 1. The zero-order chi connectivity index (χ0) is 14.4. The van der Waals surface area contributed by atoms with Crippen molar-refractivity contribution < 1.29 is 9.13 Å². The normalized spacial score (nSPS) is 19.8. The standard InChI is InChI=1S/C17H26FNO/c1-19-16(12-14-10-6-7-11-15(14)18)17(20-2)13-8-4-3-5-9-13/h6-7,10-11,13,16-17,19H,3-5,8-9,12H2,1-2H3. The van der Waals surface area contributed by atoms with Crippen molar-refractivity contribution in [1.82, 2.24) is 5.32 Å². The van der Waals surface area contributed by atoms with Gasteiger partial charge in [0.15, 0.2) is 0 Å². The van der Waals surface area contributed by atoms with Crippen molar-refractivity contribution >= 4 is 0 Å². The summed E-state index contributed by atoms with van der Waals surface area (Å²) in [6.07, 6.45) is 7.23. The van der Waals surface area contributed by atoms with Gasteiger partial charge in [-0.1, -0.05) is 37.5 Å². The molecule has 0 bridgehead atoms. The van der Waals surface area contributed by atoms with Crippen LogP contribution in [0.5, 0.6) is 0 Å². The van der Waals surface area contributed by atoms with E-state index in [1.807, 2.05) is 19.2 Å². The number of methoxy groups -OCH3 is 1. The van der Waals surface area contributed by atoms with Crippen LogP contribution in [0.25, 0.3) is 0 Å². The molecule has 20 heavy (non-hydrogen) atoms. The molecule has 0 radical (unpaired) electrons. The molecule has 1 aromatic rings. The van der Waals surface area contributed by atoms with E-state index < -0.39 is 0 Å². The summed E-state index contributed by atoms with van der Waals surface area (Å²) < 4.78 is 19.6. The molecular weight excluding hydrogens is 253 g/mol. The van der Waals surface area contributed by atoms with Crippen LogP contribution in [-0.4, -0.2) is 26.3 Å². The molecule has 112 valence electrons. The van der Waals surface area contributed by atoms with Gasteiger partial charge in [0.25, 0.3) is 0 Å². The molecule has 0 aliphatic heterocycles. The molecule has 0 saturated heterocycles. The minimum absolute atomic E-state index is 0.119. The van der Waals surface area contributed by atoms with E-state index in [4.69, 9.17) is 4.74 Å². The number of rotatable bonds is 6. The molecule has 2 rings (SSSR count). The van der Waals surface area contributed by atoms with Crippen LogP contribution < -0.4 is 5.32 Å². The molecule has 3 heteroatoms. The molecule has 0 spiro atoms. The minimum Gasteiger partial charge on any atom is -0.380 e. The average Bonchev–Trinajstić information content (AvgIpc) is 2.50. The highest BCUT2D eigenvalue weighted by Gasteiger charge is 2.30. The fourth-order valence-corrected chi connectivity index (χ4v) is 3.43. The van der Waals surface area contributed by atoms with Crippen LogP contribution >= 0.6 is 0 Å². The molecule has 0 aromatic heterocycles. The lowest BCUT2D eigenvalue weighted by atomic mass is 9.81. The summed E-state index contributed by atoms with van der Waals surface area (Å²) in [4.78, 5) is 0. The van der Waals surface area contributed by atoms with Gasteiger partial charge in [-0.15, -0.1) is 0 Å². The van der Waals surface area contributed by atoms with Gasteiger partial charge in [-0.25, -0.2) is 4.39 Å². The summed E-state index contributed by atoms with van der Waals surface area (Å²) in [5.74, 6) is 0.476. The van der Waals surface area contributed by atoms with Crippen molar-refractivity contribution in [3.8, 4) is 0 Å². The lowest BCUT2D eigenvalue weighted by molar-refractivity contribution is 0.00998. The molecule has 0 amide bonds. The number of nitrogens with one attached hydrogen (secondary N) is 1. The lowest BCUT2D eigenvalue weighted by Gasteiger charge is -2.35. The van der Waals surface area contributed by atoms with Crippen LogP contribution in [0.2, 0.25) is 0 Å². The van der Waals surface area contributed by atoms with Gasteiger partial charge < -0.3 is 10.1 Å². The first-order chi connectivity index (χ1) is 9.76. The Morgan fingerprint density at radius 2 is 1.95 bits per heavy atom. The minimum atomic E-state index is -0.119. The molecule has 1 fully saturated rings.